The Bertz CT molecular complexity index is 746. The van der Waals surface area contributed by atoms with Crippen LogP contribution in [0.25, 0.3) is 0 Å². The SMILES string of the molecule is CCOC(=O)c1cc(C(C)(C)C)n(OCc2ccccc2)c1C(C)(C)C. The van der Waals surface area contributed by atoms with Crippen molar-refractivity contribution in [3.63, 3.8) is 0 Å². The maximum atomic E-state index is 12.6. The van der Waals surface area contributed by atoms with E-state index in [0.717, 1.165) is 17.0 Å². The third kappa shape index (κ3) is 4.48. The largest absolute Gasteiger partial charge is 0.462 e. The van der Waals surface area contributed by atoms with Gasteiger partial charge in [0.25, 0.3) is 0 Å². The summed E-state index contributed by atoms with van der Waals surface area (Å²) in [5.41, 5.74) is 3.01. The normalized spacial score (nSPS) is 12.1. The summed E-state index contributed by atoms with van der Waals surface area (Å²) in [5.74, 6) is -0.301. The average molecular weight is 357 g/mol. The molecule has 0 saturated heterocycles. The van der Waals surface area contributed by atoms with E-state index in [9.17, 15) is 4.79 Å². The van der Waals surface area contributed by atoms with Gasteiger partial charge >= 0.3 is 5.97 Å². The first-order chi connectivity index (χ1) is 12.1. The standard InChI is InChI=1S/C22H31NO3/c1-8-25-20(24)17-14-18(21(2,3)4)23(19(17)22(5,6)7)26-15-16-12-10-9-11-13-16/h9-14H,8,15H2,1-7H3. The van der Waals surface area contributed by atoms with Crippen LogP contribution in [-0.4, -0.2) is 17.3 Å². The van der Waals surface area contributed by atoms with Gasteiger partial charge in [-0.05, 0) is 18.6 Å². The van der Waals surface area contributed by atoms with Crippen molar-refractivity contribution >= 4 is 5.97 Å². The van der Waals surface area contributed by atoms with Gasteiger partial charge in [0.05, 0.1) is 23.6 Å². The summed E-state index contributed by atoms with van der Waals surface area (Å²) in [6, 6.07) is 12.0. The molecule has 26 heavy (non-hydrogen) atoms. The van der Waals surface area contributed by atoms with Crippen LogP contribution in [0.1, 0.15) is 75.8 Å². The highest BCUT2D eigenvalue weighted by Crippen LogP contribution is 2.34. The van der Waals surface area contributed by atoms with E-state index < -0.39 is 0 Å². The highest BCUT2D eigenvalue weighted by Gasteiger charge is 2.34. The molecule has 0 aliphatic rings. The fourth-order valence-electron chi connectivity index (χ4n) is 2.94. The molecule has 0 N–H and O–H groups in total. The molecule has 0 atom stereocenters. The molecule has 1 aromatic carbocycles. The van der Waals surface area contributed by atoms with Crippen molar-refractivity contribution in [2.24, 2.45) is 0 Å². The van der Waals surface area contributed by atoms with Crippen LogP contribution in [0.3, 0.4) is 0 Å². The Morgan fingerprint density at radius 2 is 1.62 bits per heavy atom. The molecule has 1 heterocycles. The highest BCUT2D eigenvalue weighted by molar-refractivity contribution is 5.91. The highest BCUT2D eigenvalue weighted by atomic mass is 16.7. The molecular formula is C22H31NO3. The van der Waals surface area contributed by atoms with Gasteiger partial charge in [-0.1, -0.05) is 71.9 Å². The Balaban J connectivity index is 2.56. The molecule has 0 aliphatic carbocycles. The molecule has 0 spiro atoms. The Labute approximate surface area is 157 Å². The van der Waals surface area contributed by atoms with E-state index in [1.165, 1.54) is 0 Å². The second-order valence-corrected chi connectivity index (χ2v) is 8.57. The number of carbonyl (C=O) groups is 1. The summed E-state index contributed by atoms with van der Waals surface area (Å²) < 4.78 is 7.15. The molecule has 142 valence electrons. The molecule has 0 unspecified atom stereocenters. The van der Waals surface area contributed by atoms with Crippen molar-refractivity contribution in [3.05, 3.63) is 58.9 Å². The van der Waals surface area contributed by atoms with Crippen LogP contribution in [0.15, 0.2) is 36.4 Å². The zero-order chi connectivity index (χ0) is 19.5. The van der Waals surface area contributed by atoms with Gasteiger partial charge < -0.3 is 9.57 Å². The van der Waals surface area contributed by atoms with E-state index in [1.54, 1.807) is 0 Å². The van der Waals surface area contributed by atoms with E-state index in [1.807, 2.05) is 48.1 Å². The first-order valence-corrected chi connectivity index (χ1v) is 9.16. The third-order valence-corrected chi connectivity index (χ3v) is 4.14. The van der Waals surface area contributed by atoms with E-state index in [4.69, 9.17) is 9.57 Å². The summed E-state index contributed by atoms with van der Waals surface area (Å²) in [6.07, 6.45) is 0. The Morgan fingerprint density at radius 3 is 2.12 bits per heavy atom. The molecular weight excluding hydrogens is 326 g/mol. The fourth-order valence-corrected chi connectivity index (χ4v) is 2.94. The molecule has 2 aromatic rings. The predicted molar refractivity (Wildman–Crippen MR) is 105 cm³/mol. The lowest BCUT2D eigenvalue weighted by Gasteiger charge is -2.27. The smallest absolute Gasteiger partial charge is 0.340 e. The average Bonchev–Trinajstić information content (AvgIpc) is 2.94. The van der Waals surface area contributed by atoms with E-state index in [-0.39, 0.29) is 16.8 Å². The van der Waals surface area contributed by atoms with Crippen molar-refractivity contribution in [2.45, 2.75) is 65.9 Å². The monoisotopic (exact) mass is 357 g/mol. The number of aromatic nitrogens is 1. The number of nitrogens with zero attached hydrogens (tertiary/aromatic N) is 1. The van der Waals surface area contributed by atoms with Crippen molar-refractivity contribution in [3.8, 4) is 0 Å². The van der Waals surface area contributed by atoms with E-state index in [2.05, 4.69) is 41.5 Å². The molecule has 0 amide bonds. The minimum Gasteiger partial charge on any atom is -0.462 e. The zero-order valence-electron chi connectivity index (χ0n) is 17.1. The summed E-state index contributed by atoms with van der Waals surface area (Å²) in [5, 5.41) is 0. The van der Waals surface area contributed by atoms with Gasteiger partial charge in [0.2, 0.25) is 0 Å². The molecule has 0 radical (unpaired) electrons. The van der Waals surface area contributed by atoms with Crippen LogP contribution in [0, 0.1) is 0 Å². The van der Waals surface area contributed by atoms with Crippen LogP contribution in [0.5, 0.6) is 0 Å². The van der Waals surface area contributed by atoms with Crippen LogP contribution in [-0.2, 0) is 22.2 Å². The minimum atomic E-state index is -0.301. The summed E-state index contributed by atoms with van der Waals surface area (Å²) in [4.78, 5) is 18.8. The number of hydrogen-bond donors (Lipinski definition) is 0. The van der Waals surface area contributed by atoms with Crippen LogP contribution < -0.4 is 4.84 Å². The Kier molecular flexibility index (Phi) is 5.84. The van der Waals surface area contributed by atoms with Gasteiger partial charge in [0.1, 0.15) is 6.61 Å². The maximum absolute atomic E-state index is 12.6. The second kappa shape index (κ2) is 7.56. The molecule has 0 bridgehead atoms. The van der Waals surface area contributed by atoms with Crippen molar-refractivity contribution in [1.82, 2.24) is 4.73 Å². The lowest BCUT2D eigenvalue weighted by Crippen LogP contribution is -2.29. The number of rotatable bonds is 5. The Morgan fingerprint density at radius 1 is 1.00 bits per heavy atom. The third-order valence-electron chi connectivity index (χ3n) is 4.14. The van der Waals surface area contributed by atoms with Crippen LogP contribution >= 0.6 is 0 Å². The van der Waals surface area contributed by atoms with E-state index >= 15 is 0 Å². The molecule has 4 nitrogen and oxygen atoms in total. The Hall–Kier alpha value is -2.23. The zero-order valence-corrected chi connectivity index (χ0v) is 17.1. The molecule has 4 heteroatoms. The molecule has 0 aliphatic heterocycles. The van der Waals surface area contributed by atoms with Crippen LogP contribution in [0.4, 0.5) is 0 Å². The fraction of sp³-hybridized carbons (Fsp3) is 0.500. The number of hydrogen-bond acceptors (Lipinski definition) is 3. The lowest BCUT2D eigenvalue weighted by molar-refractivity contribution is 0.0507. The van der Waals surface area contributed by atoms with Gasteiger partial charge in [-0.2, -0.15) is 4.73 Å². The van der Waals surface area contributed by atoms with Crippen LogP contribution in [0.2, 0.25) is 0 Å². The summed E-state index contributed by atoms with van der Waals surface area (Å²) in [7, 11) is 0. The van der Waals surface area contributed by atoms with Crippen molar-refractivity contribution < 1.29 is 14.4 Å². The van der Waals surface area contributed by atoms with Gasteiger partial charge in [0, 0.05) is 10.8 Å². The number of esters is 1. The summed E-state index contributed by atoms with van der Waals surface area (Å²) in [6.45, 7) is 15.2. The minimum absolute atomic E-state index is 0.179. The molecule has 0 saturated carbocycles. The molecule has 1 aromatic heterocycles. The molecule has 2 rings (SSSR count). The maximum Gasteiger partial charge on any atom is 0.340 e. The number of ether oxygens (including phenoxy) is 1. The molecule has 0 fully saturated rings. The first kappa shape index (κ1) is 20.1. The van der Waals surface area contributed by atoms with Gasteiger partial charge in [-0.15, -0.1) is 0 Å². The quantitative estimate of drug-likeness (QED) is 0.716. The lowest BCUT2D eigenvalue weighted by atomic mass is 9.89. The van der Waals surface area contributed by atoms with Crippen molar-refractivity contribution in [2.75, 3.05) is 6.61 Å². The number of benzene rings is 1. The predicted octanol–water partition coefficient (Wildman–Crippen LogP) is 4.89. The van der Waals surface area contributed by atoms with Gasteiger partial charge in [-0.25, -0.2) is 4.79 Å². The second-order valence-electron chi connectivity index (χ2n) is 8.57. The van der Waals surface area contributed by atoms with E-state index in [0.29, 0.717) is 18.8 Å². The first-order valence-electron chi connectivity index (χ1n) is 9.16. The van der Waals surface area contributed by atoms with Crippen molar-refractivity contribution in [1.29, 1.82) is 0 Å². The topological polar surface area (TPSA) is 40.5 Å². The van der Waals surface area contributed by atoms with Gasteiger partial charge in [0.15, 0.2) is 0 Å². The summed E-state index contributed by atoms with van der Waals surface area (Å²) >= 11 is 0. The number of carbonyl (C=O) groups excluding carboxylic acids is 1. The van der Waals surface area contributed by atoms with Gasteiger partial charge in [-0.3, -0.25) is 0 Å².